The van der Waals surface area contributed by atoms with E-state index >= 15 is 0 Å². The molecule has 1 saturated heterocycles. The van der Waals surface area contributed by atoms with Gasteiger partial charge in [0.15, 0.2) is 0 Å². The number of halogens is 1. The fourth-order valence-electron chi connectivity index (χ4n) is 3.73. The molecule has 1 fully saturated rings. The van der Waals surface area contributed by atoms with Crippen LogP contribution in [0.3, 0.4) is 0 Å². The van der Waals surface area contributed by atoms with E-state index in [1.165, 1.54) is 11.1 Å². The Morgan fingerprint density at radius 2 is 2.09 bits per heavy atom. The van der Waals surface area contributed by atoms with Crippen LogP contribution in [-0.4, -0.2) is 30.4 Å². The minimum atomic E-state index is 0. The molecular formula is C18H27ClN2O. The van der Waals surface area contributed by atoms with Crippen molar-refractivity contribution in [2.75, 3.05) is 19.6 Å². The number of likely N-dealkylation sites (tertiary alicyclic amines) is 1. The molecule has 1 aromatic rings. The number of nitrogens with zero attached hydrogens (tertiary/aromatic N) is 1. The highest BCUT2D eigenvalue weighted by molar-refractivity contribution is 5.85. The normalized spacial score (nSPS) is 27.2. The molecule has 0 aromatic heterocycles. The number of fused-ring (bicyclic) bond motifs is 1. The van der Waals surface area contributed by atoms with Gasteiger partial charge in [0.1, 0.15) is 0 Å². The number of nitrogens with two attached hydrogens (primary N) is 1. The molecule has 3 nitrogen and oxygen atoms in total. The second-order valence-electron chi connectivity index (χ2n) is 7.16. The van der Waals surface area contributed by atoms with E-state index < -0.39 is 0 Å². The minimum Gasteiger partial charge on any atom is -0.342 e. The van der Waals surface area contributed by atoms with Gasteiger partial charge >= 0.3 is 0 Å². The molecule has 1 aromatic carbocycles. The third-order valence-corrected chi connectivity index (χ3v) is 5.32. The van der Waals surface area contributed by atoms with Crippen LogP contribution < -0.4 is 5.73 Å². The van der Waals surface area contributed by atoms with Crippen LogP contribution in [0.25, 0.3) is 0 Å². The summed E-state index contributed by atoms with van der Waals surface area (Å²) in [5, 5.41) is 0. The van der Waals surface area contributed by atoms with E-state index in [9.17, 15) is 4.79 Å². The third-order valence-electron chi connectivity index (χ3n) is 5.32. The van der Waals surface area contributed by atoms with E-state index in [4.69, 9.17) is 5.73 Å². The van der Waals surface area contributed by atoms with Crippen molar-refractivity contribution in [3.8, 4) is 0 Å². The van der Waals surface area contributed by atoms with Gasteiger partial charge in [-0.2, -0.15) is 0 Å². The fraction of sp³-hybridized carbons (Fsp3) is 0.611. The second-order valence-corrected chi connectivity index (χ2v) is 7.16. The Labute approximate surface area is 139 Å². The molecule has 2 atom stereocenters. The van der Waals surface area contributed by atoms with Crippen molar-refractivity contribution in [1.29, 1.82) is 0 Å². The molecule has 2 unspecified atom stereocenters. The van der Waals surface area contributed by atoms with Crippen LogP contribution in [0.2, 0.25) is 0 Å². The molecule has 1 amide bonds. The number of carbonyl (C=O) groups excluding carboxylic acids is 1. The molecule has 1 aliphatic carbocycles. The first kappa shape index (κ1) is 17.3. The van der Waals surface area contributed by atoms with E-state index in [-0.39, 0.29) is 17.8 Å². The average Bonchev–Trinajstić information content (AvgIpc) is 2.91. The molecular weight excluding hydrogens is 296 g/mol. The van der Waals surface area contributed by atoms with Crippen molar-refractivity contribution < 1.29 is 4.79 Å². The maximum atomic E-state index is 12.5. The summed E-state index contributed by atoms with van der Waals surface area (Å²) in [5.74, 6) is 0.841. The highest BCUT2D eigenvalue weighted by Crippen LogP contribution is 2.31. The standard InChI is InChI=1S/C18H26N2O.ClH/c1-18(12-19)8-9-20(13-18)17(21)11-14-6-7-15-4-2-3-5-16(15)10-14;/h2-5,14H,6-13,19H2,1H3;1H. The molecule has 2 N–H and O–H groups in total. The van der Waals surface area contributed by atoms with Crippen molar-refractivity contribution in [2.24, 2.45) is 17.1 Å². The molecule has 22 heavy (non-hydrogen) atoms. The highest BCUT2D eigenvalue weighted by Gasteiger charge is 2.35. The molecule has 3 rings (SSSR count). The van der Waals surface area contributed by atoms with E-state index in [1.807, 2.05) is 4.90 Å². The predicted molar refractivity (Wildman–Crippen MR) is 92.2 cm³/mol. The molecule has 2 aliphatic rings. The first-order valence-corrected chi connectivity index (χ1v) is 8.14. The van der Waals surface area contributed by atoms with Crippen molar-refractivity contribution >= 4 is 18.3 Å². The van der Waals surface area contributed by atoms with Gasteiger partial charge in [0.25, 0.3) is 0 Å². The number of carbonyl (C=O) groups is 1. The Kier molecular flexibility index (Phi) is 5.51. The van der Waals surface area contributed by atoms with Crippen LogP contribution >= 0.6 is 12.4 Å². The molecule has 1 heterocycles. The number of amides is 1. The molecule has 1 aliphatic heterocycles. The van der Waals surface area contributed by atoms with E-state index in [2.05, 4.69) is 31.2 Å². The zero-order valence-corrected chi connectivity index (χ0v) is 14.2. The molecule has 0 bridgehead atoms. The lowest BCUT2D eigenvalue weighted by molar-refractivity contribution is -0.131. The Hall–Kier alpha value is -1.06. The maximum absolute atomic E-state index is 12.5. The first-order valence-electron chi connectivity index (χ1n) is 8.14. The maximum Gasteiger partial charge on any atom is 0.222 e. The van der Waals surface area contributed by atoms with Crippen LogP contribution in [0.15, 0.2) is 24.3 Å². The van der Waals surface area contributed by atoms with Crippen molar-refractivity contribution in [3.05, 3.63) is 35.4 Å². The Bertz CT molecular complexity index is 534. The summed E-state index contributed by atoms with van der Waals surface area (Å²) in [7, 11) is 0. The highest BCUT2D eigenvalue weighted by atomic mass is 35.5. The third kappa shape index (κ3) is 3.64. The van der Waals surface area contributed by atoms with Crippen molar-refractivity contribution in [1.82, 2.24) is 4.90 Å². The van der Waals surface area contributed by atoms with Gasteiger partial charge in [-0.3, -0.25) is 4.79 Å². The van der Waals surface area contributed by atoms with Gasteiger partial charge in [0, 0.05) is 19.5 Å². The predicted octanol–water partition coefficient (Wildman–Crippen LogP) is 2.80. The van der Waals surface area contributed by atoms with Gasteiger partial charge in [-0.25, -0.2) is 0 Å². The zero-order valence-electron chi connectivity index (χ0n) is 13.4. The molecule has 0 radical (unpaired) electrons. The van der Waals surface area contributed by atoms with E-state index in [0.29, 0.717) is 24.8 Å². The summed E-state index contributed by atoms with van der Waals surface area (Å²) in [4.78, 5) is 14.5. The average molecular weight is 323 g/mol. The van der Waals surface area contributed by atoms with Gasteiger partial charge in [-0.1, -0.05) is 31.2 Å². The second kappa shape index (κ2) is 7.01. The molecule has 122 valence electrons. The number of aryl methyl sites for hydroxylation is 1. The van der Waals surface area contributed by atoms with Crippen molar-refractivity contribution in [2.45, 2.75) is 39.0 Å². The molecule has 0 spiro atoms. The number of benzene rings is 1. The largest absolute Gasteiger partial charge is 0.342 e. The van der Waals surface area contributed by atoms with Gasteiger partial charge in [0.05, 0.1) is 0 Å². The van der Waals surface area contributed by atoms with Gasteiger partial charge < -0.3 is 10.6 Å². The van der Waals surface area contributed by atoms with Gasteiger partial charge in [0.2, 0.25) is 5.91 Å². The molecule has 4 heteroatoms. The van der Waals surface area contributed by atoms with E-state index in [1.54, 1.807) is 0 Å². The van der Waals surface area contributed by atoms with Gasteiger partial charge in [-0.15, -0.1) is 12.4 Å². The van der Waals surface area contributed by atoms with Gasteiger partial charge in [-0.05, 0) is 54.7 Å². The van der Waals surface area contributed by atoms with Crippen LogP contribution in [0.1, 0.15) is 37.3 Å². The SMILES string of the molecule is CC1(CN)CCN(C(=O)CC2CCc3ccccc3C2)C1.Cl. The Balaban J connectivity index is 0.00000176. The Morgan fingerprint density at radius 3 is 2.77 bits per heavy atom. The lowest BCUT2D eigenvalue weighted by Gasteiger charge is -2.27. The smallest absolute Gasteiger partial charge is 0.222 e. The van der Waals surface area contributed by atoms with Crippen LogP contribution in [0.4, 0.5) is 0 Å². The summed E-state index contributed by atoms with van der Waals surface area (Å²) < 4.78 is 0. The zero-order chi connectivity index (χ0) is 14.9. The van der Waals surface area contributed by atoms with Crippen LogP contribution in [0.5, 0.6) is 0 Å². The quantitative estimate of drug-likeness (QED) is 0.930. The lowest BCUT2D eigenvalue weighted by Crippen LogP contribution is -2.35. The Morgan fingerprint density at radius 1 is 1.36 bits per heavy atom. The summed E-state index contributed by atoms with van der Waals surface area (Å²) in [5.41, 5.74) is 8.87. The number of hydrogen-bond donors (Lipinski definition) is 1. The van der Waals surface area contributed by atoms with Crippen LogP contribution in [-0.2, 0) is 17.6 Å². The minimum absolute atomic E-state index is 0. The topological polar surface area (TPSA) is 46.3 Å². The summed E-state index contributed by atoms with van der Waals surface area (Å²) in [6, 6.07) is 8.66. The van der Waals surface area contributed by atoms with E-state index in [0.717, 1.165) is 38.8 Å². The summed E-state index contributed by atoms with van der Waals surface area (Å²) in [6.45, 7) is 4.59. The number of rotatable bonds is 3. The lowest BCUT2D eigenvalue weighted by atomic mass is 9.82. The van der Waals surface area contributed by atoms with Crippen LogP contribution in [0, 0.1) is 11.3 Å². The monoisotopic (exact) mass is 322 g/mol. The first-order chi connectivity index (χ1) is 10.1. The fourth-order valence-corrected chi connectivity index (χ4v) is 3.73. The summed E-state index contributed by atoms with van der Waals surface area (Å²) in [6.07, 6.45) is 5.07. The van der Waals surface area contributed by atoms with Crippen molar-refractivity contribution in [3.63, 3.8) is 0 Å². The summed E-state index contributed by atoms with van der Waals surface area (Å²) >= 11 is 0. The molecule has 0 saturated carbocycles. The number of hydrogen-bond acceptors (Lipinski definition) is 2.